The SMILES string of the molecule is COc1ccccc1[C@H](Cn1c(=O)n([C@H]2C[C@@](C)(C(=O)OC)C2)c(=O)c2c(C)csc21)OC1CCOCC1. The van der Waals surface area contributed by atoms with Crippen molar-refractivity contribution in [3.05, 3.63) is 61.6 Å². The van der Waals surface area contributed by atoms with Crippen molar-refractivity contribution in [2.24, 2.45) is 5.41 Å². The lowest BCUT2D eigenvalue weighted by molar-refractivity contribution is -0.159. The third kappa shape index (κ3) is 4.69. The van der Waals surface area contributed by atoms with Crippen LogP contribution in [0, 0.1) is 12.3 Å². The molecule has 2 aromatic heterocycles. The molecule has 204 valence electrons. The van der Waals surface area contributed by atoms with Crippen LogP contribution >= 0.6 is 11.3 Å². The highest BCUT2D eigenvalue weighted by Gasteiger charge is 2.49. The van der Waals surface area contributed by atoms with Gasteiger partial charge in [0.25, 0.3) is 5.56 Å². The van der Waals surface area contributed by atoms with E-state index in [4.69, 9.17) is 18.9 Å². The molecule has 5 rings (SSSR count). The van der Waals surface area contributed by atoms with Gasteiger partial charge in [0.15, 0.2) is 0 Å². The molecule has 1 aliphatic carbocycles. The molecular weight excluding hydrogens is 508 g/mol. The average Bonchev–Trinajstić information content (AvgIpc) is 3.30. The smallest absolute Gasteiger partial charge is 0.332 e. The molecule has 10 heteroatoms. The Kier molecular flexibility index (Phi) is 7.48. The number of esters is 1. The molecule has 0 unspecified atom stereocenters. The molecule has 1 aliphatic heterocycles. The van der Waals surface area contributed by atoms with Gasteiger partial charge in [0.05, 0.1) is 37.7 Å². The third-order valence-electron chi connectivity index (χ3n) is 7.85. The number of aromatic nitrogens is 2. The van der Waals surface area contributed by atoms with Crippen molar-refractivity contribution in [3.8, 4) is 5.75 Å². The topological polar surface area (TPSA) is 98.0 Å². The maximum Gasteiger partial charge on any atom is 0.332 e. The molecule has 1 saturated carbocycles. The monoisotopic (exact) mass is 542 g/mol. The molecule has 38 heavy (non-hydrogen) atoms. The van der Waals surface area contributed by atoms with Crippen LogP contribution in [0.15, 0.2) is 39.2 Å². The van der Waals surface area contributed by atoms with Crippen molar-refractivity contribution in [2.75, 3.05) is 27.4 Å². The van der Waals surface area contributed by atoms with E-state index < -0.39 is 17.2 Å². The number of carbonyl (C=O) groups is 1. The summed E-state index contributed by atoms with van der Waals surface area (Å²) in [6.07, 6.45) is 1.78. The van der Waals surface area contributed by atoms with Gasteiger partial charge < -0.3 is 18.9 Å². The number of thiophene rings is 1. The van der Waals surface area contributed by atoms with Crippen LogP contribution in [0.4, 0.5) is 0 Å². The molecule has 3 aromatic rings. The van der Waals surface area contributed by atoms with Crippen molar-refractivity contribution >= 4 is 27.5 Å². The average molecular weight is 543 g/mol. The van der Waals surface area contributed by atoms with E-state index in [0.717, 1.165) is 24.0 Å². The van der Waals surface area contributed by atoms with Crippen molar-refractivity contribution in [1.82, 2.24) is 9.13 Å². The number of benzene rings is 1. The van der Waals surface area contributed by atoms with Gasteiger partial charge in [-0.1, -0.05) is 18.2 Å². The fourth-order valence-corrected chi connectivity index (χ4v) is 6.78. The van der Waals surface area contributed by atoms with Gasteiger partial charge in [0.1, 0.15) is 16.7 Å². The van der Waals surface area contributed by atoms with Gasteiger partial charge >= 0.3 is 11.7 Å². The second-order valence-corrected chi connectivity index (χ2v) is 11.3. The van der Waals surface area contributed by atoms with Gasteiger partial charge in [-0.25, -0.2) is 4.79 Å². The predicted octanol–water partition coefficient (Wildman–Crippen LogP) is 3.99. The number of para-hydroxylation sites is 1. The van der Waals surface area contributed by atoms with Gasteiger partial charge in [-0.05, 0) is 56.5 Å². The number of hydrogen-bond donors (Lipinski definition) is 0. The summed E-state index contributed by atoms with van der Waals surface area (Å²) in [5.74, 6) is 0.355. The number of rotatable bonds is 8. The predicted molar refractivity (Wildman–Crippen MR) is 144 cm³/mol. The Morgan fingerprint density at radius 3 is 2.58 bits per heavy atom. The first-order valence-electron chi connectivity index (χ1n) is 12.9. The van der Waals surface area contributed by atoms with Crippen LogP contribution in [0.25, 0.3) is 10.2 Å². The van der Waals surface area contributed by atoms with E-state index in [2.05, 4.69) is 0 Å². The van der Waals surface area contributed by atoms with Crippen molar-refractivity contribution in [1.29, 1.82) is 0 Å². The summed E-state index contributed by atoms with van der Waals surface area (Å²) in [6, 6.07) is 7.28. The van der Waals surface area contributed by atoms with Crippen molar-refractivity contribution in [3.63, 3.8) is 0 Å². The lowest BCUT2D eigenvalue weighted by Gasteiger charge is -2.43. The molecular formula is C28H34N2O7S. The summed E-state index contributed by atoms with van der Waals surface area (Å²) >= 11 is 1.39. The van der Waals surface area contributed by atoms with E-state index in [1.165, 1.54) is 23.0 Å². The standard InChI is InChI=1S/C28H34N2O7S/c1-17-16-38-25-23(17)24(31)30(18-13-28(2,14-18)26(32)35-4)27(33)29(25)15-22(37-19-9-11-36-12-10-19)20-7-5-6-8-21(20)34-3/h5-8,16,18-19,22H,9-15H2,1-4H3/t18-,22-,28+/m0/s1. The molecule has 0 radical (unpaired) electrons. The summed E-state index contributed by atoms with van der Waals surface area (Å²) in [6.45, 7) is 5.17. The molecule has 0 bridgehead atoms. The van der Waals surface area contributed by atoms with Gasteiger partial charge in [-0.15, -0.1) is 11.3 Å². The molecule has 0 N–H and O–H groups in total. The third-order valence-corrected chi connectivity index (χ3v) is 8.96. The van der Waals surface area contributed by atoms with Gasteiger partial charge in [-0.3, -0.25) is 18.7 Å². The van der Waals surface area contributed by atoms with Crippen molar-refractivity contribution < 1.29 is 23.7 Å². The highest BCUT2D eigenvalue weighted by atomic mass is 32.1. The highest BCUT2D eigenvalue weighted by Crippen LogP contribution is 2.48. The highest BCUT2D eigenvalue weighted by molar-refractivity contribution is 7.17. The van der Waals surface area contributed by atoms with Gasteiger partial charge in [-0.2, -0.15) is 0 Å². The number of methoxy groups -OCH3 is 2. The van der Waals surface area contributed by atoms with Crippen LogP contribution in [-0.4, -0.2) is 48.6 Å². The first kappa shape index (κ1) is 26.6. The Balaban J connectivity index is 1.59. The summed E-state index contributed by atoms with van der Waals surface area (Å²) in [7, 11) is 2.98. The Hall–Kier alpha value is -2.95. The zero-order valence-electron chi connectivity index (χ0n) is 22.2. The Morgan fingerprint density at radius 2 is 1.89 bits per heavy atom. The maximum atomic E-state index is 14.0. The van der Waals surface area contributed by atoms with Crippen molar-refractivity contribution in [2.45, 2.75) is 64.3 Å². The molecule has 9 nitrogen and oxygen atoms in total. The zero-order valence-corrected chi connectivity index (χ0v) is 23.0. The minimum atomic E-state index is -0.707. The number of aryl methyl sites for hydroxylation is 1. The normalized spacial score (nSPS) is 22.7. The van der Waals surface area contributed by atoms with Crippen LogP contribution in [0.1, 0.15) is 55.9 Å². The largest absolute Gasteiger partial charge is 0.496 e. The molecule has 1 saturated heterocycles. The summed E-state index contributed by atoms with van der Waals surface area (Å²) < 4.78 is 25.7. The van der Waals surface area contributed by atoms with E-state index in [1.807, 2.05) is 43.5 Å². The van der Waals surface area contributed by atoms with E-state index in [9.17, 15) is 14.4 Å². The van der Waals surface area contributed by atoms with Gasteiger partial charge in [0.2, 0.25) is 0 Å². The van der Waals surface area contributed by atoms with Crippen LogP contribution in [0.3, 0.4) is 0 Å². The molecule has 0 spiro atoms. The van der Waals surface area contributed by atoms with Gasteiger partial charge in [0, 0.05) is 24.8 Å². The summed E-state index contributed by atoms with van der Waals surface area (Å²) in [5, 5.41) is 2.44. The van der Waals surface area contributed by atoms with E-state index in [0.29, 0.717) is 42.0 Å². The number of ether oxygens (including phenoxy) is 4. The molecule has 3 heterocycles. The van der Waals surface area contributed by atoms with Crippen LogP contribution in [0.5, 0.6) is 5.75 Å². The number of nitrogens with zero attached hydrogens (tertiary/aromatic N) is 2. The van der Waals surface area contributed by atoms with Crippen LogP contribution in [0.2, 0.25) is 0 Å². The lowest BCUT2D eigenvalue weighted by Crippen LogP contribution is -2.51. The van der Waals surface area contributed by atoms with Crippen LogP contribution < -0.4 is 16.0 Å². The first-order chi connectivity index (χ1) is 18.3. The molecule has 2 fully saturated rings. The van der Waals surface area contributed by atoms with E-state index in [1.54, 1.807) is 11.7 Å². The molecule has 0 amide bonds. The second kappa shape index (κ2) is 10.7. The molecule has 2 aliphatic rings. The zero-order chi connectivity index (χ0) is 27.0. The fourth-order valence-electron chi connectivity index (χ4n) is 5.73. The Bertz CT molecular complexity index is 1440. The van der Waals surface area contributed by atoms with Crippen LogP contribution in [-0.2, 0) is 25.5 Å². The molecule has 1 atom stereocenters. The van der Waals surface area contributed by atoms with E-state index >= 15 is 0 Å². The minimum absolute atomic E-state index is 0.0202. The second-order valence-electron chi connectivity index (χ2n) is 10.5. The minimum Gasteiger partial charge on any atom is -0.496 e. The summed E-state index contributed by atoms with van der Waals surface area (Å²) in [5.41, 5.74) is 0.259. The maximum absolute atomic E-state index is 14.0. The first-order valence-corrected chi connectivity index (χ1v) is 13.8. The lowest BCUT2D eigenvalue weighted by atomic mass is 9.66. The van der Waals surface area contributed by atoms with E-state index in [-0.39, 0.29) is 30.2 Å². The Labute approximate surface area is 224 Å². The fraction of sp³-hybridized carbons (Fsp3) is 0.536. The quantitative estimate of drug-likeness (QED) is 0.397. The number of hydrogen-bond acceptors (Lipinski definition) is 8. The summed E-state index contributed by atoms with van der Waals surface area (Å²) in [4.78, 5) is 40.5. The molecule has 1 aromatic carbocycles. The Morgan fingerprint density at radius 1 is 1.18 bits per heavy atom. The number of fused-ring (bicyclic) bond motifs is 1. The number of carbonyl (C=O) groups excluding carboxylic acids is 1.